The number of rotatable bonds is 6. The van der Waals surface area contributed by atoms with Crippen molar-refractivity contribution in [3.63, 3.8) is 0 Å². The average Bonchev–Trinajstić information content (AvgIpc) is 2.48. The maximum absolute atomic E-state index is 13.0. The van der Waals surface area contributed by atoms with E-state index < -0.39 is 22.8 Å². The van der Waals surface area contributed by atoms with E-state index in [1.54, 1.807) is 27.7 Å². The van der Waals surface area contributed by atoms with Crippen molar-refractivity contribution < 1.29 is 23.9 Å². The van der Waals surface area contributed by atoms with Gasteiger partial charge < -0.3 is 14.8 Å². The zero-order valence-electron chi connectivity index (χ0n) is 13.3. The first-order chi connectivity index (χ1) is 9.95. The minimum Gasteiger partial charge on any atom is -0.465 e. The van der Waals surface area contributed by atoms with Crippen LogP contribution in [0.5, 0.6) is 0 Å². The van der Waals surface area contributed by atoms with Gasteiger partial charge in [-0.3, -0.25) is 14.4 Å². The number of ether oxygens (including phenoxy) is 2. The van der Waals surface area contributed by atoms with E-state index in [4.69, 9.17) is 9.47 Å². The van der Waals surface area contributed by atoms with Crippen LogP contribution >= 0.6 is 0 Å². The Morgan fingerprint density at radius 3 is 1.62 bits per heavy atom. The molecule has 1 N–H and O–H groups in total. The Hall–Kier alpha value is -1.43. The molecule has 0 aromatic heterocycles. The summed E-state index contributed by atoms with van der Waals surface area (Å²) in [7, 11) is 0. The maximum atomic E-state index is 13.0. The molecule has 0 aliphatic carbocycles. The van der Waals surface area contributed by atoms with Crippen LogP contribution in [0.1, 0.15) is 40.5 Å². The lowest BCUT2D eigenvalue weighted by atomic mass is 9.64. The summed E-state index contributed by atoms with van der Waals surface area (Å²) in [5.74, 6) is -1.51. The highest BCUT2D eigenvalue weighted by atomic mass is 16.5. The third kappa shape index (κ3) is 2.81. The van der Waals surface area contributed by atoms with Gasteiger partial charge in [0.1, 0.15) is 10.8 Å². The first-order valence-corrected chi connectivity index (χ1v) is 7.55. The van der Waals surface area contributed by atoms with E-state index in [1.165, 1.54) is 0 Å². The van der Waals surface area contributed by atoms with Gasteiger partial charge in [-0.1, -0.05) is 13.8 Å². The molecule has 6 heteroatoms. The summed E-state index contributed by atoms with van der Waals surface area (Å²) in [5.41, 5.74) is -2.62. The molecule has 120 valence electrons. The second-order valence-corrected chi connectivity index (χ2v) is 5.24. The molecule has 0 amide bonds. The second-order valence-electron chi connectivity index (χ2n) is 5.24. The van der Waals surface area contributed by atoms with Gasteiger partial charge in [-0.2, -0.15) is 0 Å². The molecule has 2 atom stereocenters. The van der Waals surface area contributed by atoms with Crippen molar-refractivity contribution in [2.45, 2.75) is 40.5 Å². The Bertz CT molecular complexity index is 386. The zero-order valence-corrected chi connectivity index (χ0v) is 13.3. The Balaban J connectivity index is 3.23. The molecule has 0 spiro atoms. The molecular weight excluding hydrogens is 274 g/mol. The summed E-state index contributed by atoms with van der Waals surface area (Å²) >= 11 is 0. The van der Waals surface area contributed by atoms with E-state index in [0.717, 1.165) is 0 Å². The summed E-state index contributed by atoms with van der Waals surface area (Å²) < 4.78 is 10.1. The molecule has 0 bridgehead atoms. The van der Waals surface area contributed by atoms with Crippen molar-refractivity contribution in [3.05, 3.63) is 0 Å². The second kappa shape index (κ2) is 7.02. The predicted molar refractivity (Wildman–Crippen MR) is 76.6 cm³/mol. The van der Waals surface area contributed by atoms with Gasteiger partial charge in [0.2, 0.25) is 0 Å². The largest absolute Gasteiger partial charge is 0.465 e. The molecule has 6 nitrogen and oxygen atoms in total. The first kappa shape index (κ1) is 17.6. The summed E-state index contributed by atoms with van der Waals surface area (Å²) in [5, 5.41) is 3.05. The minimum absolute atomic E-state index is 0.197. The Morgan fingerprint density at radius 1 is 0.952 bits per heavy atom. The Kier molecular flexibility index (Phi) is 5.89. The number of hydrogen-bond acceptors (Lipinski definition) is 6. The quantitative estimate of drug-likeness (QED) is 0.584. The molecule has 0 aromatic rings. The molecular formula is C15H25NO5. The molecule has 2 unspecified atom stereocenters. The van der Waals surface area contributed by atoms with Gasteiger partial charge in [0, 0.05) is 13.1 Å². The summed E-state index contributed by atoms with van der Waals surface area (Å²) in [6, 6.07) is 0. The van der Waals surface area contributed by atoms with Crippen molar-refractivity contribution in [2.75, 3.05) is 26.3 Å². The van der Waals surface area contributed by atoms with E-state index in [1.807, 2.05) is 0 Å². The van der Waals surface area contributed by atoms with Crippen LogP contribution in [0.25, 0.3) is 0 Å². The van der Waals surface area contributed by atoms with E-state index in [9.17, 15) is 14.4 Å². The van der Waals surface area contributed by atoms with Gasteiger partial charge >= 0.3 is 11.9 Å². The highest BCUT2D eigenvalue weighted by Crippen LogP contribution is 2.40. The SMILES string of the molecule is CCOC(=O)C1(CC)CNCC(CC)(C(=O)OCC)C1=O. The summed E-state index contributed by atoms with van der Waals surface area (Å²) in [6.45, 7) is 7.70. The van der Waals surface area contributed by atoms with Crippen LogP contribution in [0.4, 0.5) is 0 Å². The van der Waals surface area contributed by atoms with Gasteiger partial charge in [-0.15, -0.1) is 0 Å². The van der Waals surface area contributed by atoms with Crippen LogP contribution in [0.3, 0.4) is 0 Å². The Morgan fingerprint density at radius 2 is 1.33 bits per heavy atom. The van der Waals surface area contributed by atoms with Crippen molar-refractivity contribution in [1.82, 2.24) is 5.32 Å². The fraction of sp³-hybridized carbons (Fsp3) is 0.800. The third-order valence-electron chi connectivity index (χ3n) is 4.26. The van der Waals surface area contributed by atoms with Crippen LogP contribution in [0.2, 0.25) is 0 Å². The lowest BCUT2D eigenvalue weighted by Gasteiger charge is -2.42. The number of ketones is 1. The van der Waals surface area contributed by atoms with Crippen molar-refractivity contribution in [2.24, 2.45) is 10.8 Å². The molecule has 1 aliphatic heterocycles. The number of Topliss-reactive ketones (excluding diaryl/α,β-unsaturated/α-hetero) is 1. The van der Waals surface area contributed by atoms with Crippen molar-refractivity contribution in [3.8, 4) is 0 Å². The number of carbonyl (C=O) groups is 3. The molecule has 0 aromatic carbocycles. The monoisotopic (exact) mass is 299 g/mol. The maximum Gasteiger partial charge on any atom is 0.320 e. The molecule has 1 rings (SSSR count). The predicted octanol–water partition coefficient (Wildman–Crippen LogP) is 1.08. The number of carbonyl (C=O) groups excluding carboxylic acids is 3. The van der Waals surface area contributed by atoms with Crippen molar-refractivity contribution >= 4 is 17.7 Å². The number of nitrogens with one attached hydrogen (secondary N) is 1. The highest BCUT2D eigenvalue weighted by Gasteiger charge is 2.60. The smallest absolute Gasteiger partial charge is 0.320 e. The first-order valence-electron chi connectivity index (χ1n) is 7.55. The fourth-order valence-electron chi connectivity index (χ4n) is 2.84. The van der Waals surface area contributed by atoms with Gasteiger partial charge in [-0.05, 0) is 26.7 Å². The molecule has 0 radical (unpaired) electrons. The molecule has 21 heavy (non-hydrogen) atoms. The van der Waals surface area contributed by atoms with Crippen LogP contribution in [-0.2, 0) is 23.9 Å². The zero-order chi connectivity index (χ0) is 16.1. The van der Waals surface area contributed by atoms with Crippen LogP contribution in [0.15, 0.2) is 0 Å². The molecule has 0 saturated carbocycles. The topological polar surface area (TPSA) is 81.7 Å². The van der Waals surface area contributed by atoms with Crippen LogP contribution in [-0.4, -0.2) is 44.0 Å². The van der Waals surface area contributed by atoms with Gasteiger partial charge in [0.25, 0.3) is 0 Å². The summed E-state index contributed by atoms with van der Waals surface area (Å²) in [4.78, 5) is 37.6. The standard InChI is InChI=1S/C15H25NO5/c1-5-14(12(18)20-7-3)9-16-10-15(6-2,11(14)17)13(19)21-8-4/h16H,5-10H2,1-4H3. The highest BCUT2D eigenvalue weighted by molar-refractivity contribution is 6.15. The van der Waals surface area contributed by atoms with E-state index in [2.05, 4.69) is 5.32 Å². The molecule has 1 fully saturated rings. The molecule has 1 heterocycles. The lowest BCUT2D eigenvalue weighted by molar-refractivity contribution is -0.174. The molecule has 1 aliphatic rings. The third-order valence-corrected chi connectivity index (χ3v) is 4.26. The van der Waals surface area contributed by atoms with Gasteiger partial charge in [-0.25, -0.2) is 0 Å². The van der Waals surface area contributed by atoms with E-state index in [-0.39, 0.29) is 32.1 Å². The minimum atomic E-state index is -1.31. The lowest BCUT2D eigenvalue weighted by Crippen LogP contribution is -2.64. The Labute approximate surface area is 125 Å². The normalized spacial score (nSPS) is 29.0. The van der Waals surface area contributed by atoms with E-state index >= 15 is 0 Å². The fourth-order valence-corrected chi connectivity index (χ4v) is 2.84. The summed E-state index contributed by atoms with van der Waals surface area (Å²) in [6.07, 6.45) is 0.581. The van der Waals surface area contributed by atoms with Crippen molar-refractivity contribution in [1.29, 1.82) is 0 Å². The number of esters is 2. The number of piperidine rings is 1. The van der Waals surface area contributed by atoms with Crippen LogP contribution in [0, 0.1) is 10.8 Å². The van der Waals surface area contributed by atoms with Gasteiger partial charge in [0.05, 0.1) is 13.2 Å². The van der Waals surface area contributed by atoms with E-state index in [0.29, 0.717) is 12.8 Å². The van der Waals surface area contributed by atoms with Crippen LogP contribution < -0.4 is 5.32 Å². The molecule has 1 saturated heterocycles. The average molecular weight is 299 g/mol. The number of hydrogen-bond donors (Lipinski definition) is 1. The van der Waals surface area contributed by atoms with Gasteiger partial charge in [0.15, 0.2) is 5.78 Å².